The van der Waals surface area contributed by atoms with Gasteiger partial charge in [0.1, 0.15) is 23.9 Å². The first-order valence-corrected chi connectivity index (χ1v) is 10.2. The molecule has 0 bridgehead atoms. The second-order valence-electron chi connectivity index (χ2n) is 7.22. The maximum atomic E-state index is 13.1. The van der Waals surface area contributed by atoms with Crippen LogP contribution >= 0.6 is 0 Å². The highest BCUT2D eigenvalue weighted by Gasteiger charge is 2.25. The van der Waals surface area contributed by atoms with Gasteiger partial charge in [-0.3, -0.25) is 9.59 Å². The molecule has 0 saturated carbocycles. The molecule has 2 heterocycles. The number of para-hydroxylation sites is 2. The molecule has 1 aliphatic heterocycles. The Kier molecular flexibility index (Phi) is 6.54. The summed E-state index contributed by atoms with van der Waals surface area (Å²) < 4.78 is 20.8. The van der Waals surface area contributed by atoms with E-state index in [1.165, 1.54) is 17.1 Å². The zero-order valence-corrected chi connectivity index (χ0v) is 17.3. The van der Waals surface area contributed by atoms with Gasteiger partial charge in [0.2, 0.25) is 5.91 Å². The number of ether oxygens (including phenoxy) is 1. The van der Waals surface area contributed by atoms with E-state index in [1.807, 2.05) is 16.8 Å². The van der Waals surface area contributed by atoms with Crippen molar-refractivity contribution < 1.29 is 18.7 Å². The fraction of sp³-hybridized carbons (Fsp3) is 0.217. The lowest BCUT2D eigenvalue weighted by Gasteiger charge is -2.23. The van der Waals surface area contributed by atoms with Gasteiger partial charge in [0.15, 0.2) is 0 Å². The smallest absolute Gasteiger partial charge is 0.271 e. The molecule has 8 nitrogen and oxygen atoms in total. The van der Waals surface area contributed by atoms with Gasteiger partial charge < -0.3 is 14.6 Å². The molecule has 0 aliphatic carbocycles. The van der Waals surface area contributed by atoms with Crippen molar-refractivity contribution in [2.45, 2.75) is 25.9 Å². The molecule has 0 fully saturated rings. The van der Waals surface area contributed by atoms with Crippen LogP contribution in [-0.2, 0) is 22.7 Å². The average molecular weight is 435 g/mol. The van der Waals surface area contributed by atoms with Crippen LogP contribution in [0.3, 0.4) is 0 Å². The van der Waals surface area contributed by atoms with Gasteiger partial charge in [-0.1, -0.05) is 24.3 Å². The zero-order valence-electron chi connectivity index (χ0n) is 17.3. The fourth-order valence-corrected chi connectivity index (χ4v) is 3.22. The highest BCUT2D eigenvalue weighted by Crippen LogP contribution is 2.24. The van der Waals surface area contributed by atoms with E-state index in [0.717, 1.165) is 5.56 Å². The number of benzene rings is 2. The number of hydrogen-bond donors (Lipinski definition) is 1. The van der Waals surface area contributed by atoms with E-state index in [1.54, 1.807) is 42.9 Å². The Labute approximate surface area is 184 Å². The quantitative estimate of drug-likeness (QED) is 0.588. The molecule has 0 saturated heterocycles. The summed E-state index contributed by atoms with van der Waals surface area (Å²) in [5, 5.41) is 8.32. The third kappa shape index (κ3) is 5.37. The number of rotatable bonds is 8. The lowest BCUT2D eigenvalue weighted by Crippen LogP contribution is -2.36. The second-order valence-corrected chi connectivity index (χ2v) is 7.22. The maximum absolute atomic E-state index is 13.1. The lowest BCUT2D eigenvalue weighted by atomic mass is 10.1. The highest BCUT2D eigenvalue weighted by atomic mass is 19.1. The standard InChI is InChI=1S/C23H22FN5O3/c24-18-7-5-17(6-8-18)15-29-22(30)10-9-20(27-29)23(31)26-19-3-1-2-4-21(19)32-14-13-28-12-11-25-16-28/h1-8,11-12,16H,9-10,13-15H2,(H,26,31). The van der Waals surface area contributed by atoms with Crippen LogP contribution in [0.2, 0.25) is 0 Å². The van der Waals surface area contributed by atoms with Crippen LogP contribution in [0.5, 0.6) is 5.75 Å². The van der Waals surface area contributed by atoms with Crippen molar-refractivity contribution in [1.29, 1.82) is 0 Å². The summed E-state index contributed by atoms with van der Waals surface area (Å²) >= 11 is 0. The van der Waals surface area contributed by atoms with Crippen LogP contribution < -0.4 is 10.1 Å². The number of anilines is 1. The largest absolute Gasteiger partial charge is 0.490 e. The molecule has 2 aromatic carbocycles. The van der Waals surface area contributed by atoms with Gasteiger partial charge in [-0.15, -0.1) is 0 Å². The fourth-order valence-electron chi connectivity index (χ4n) is 3.22. The molecule has 4 rings (SSSR count). The Hall–Kier alpha value is -4.01. The van der Waals surface area contributed by atoms with Gasteiger partial charge in [-0.2, -0.15) is 5.10 Å². The first kappa shape index (κ1) is 21.2. The minimum absolute atomic E-state index is 0.170. The number of amides is 2. The molecule has 0 radical (unpaired) electrons. The molecule has 164 valence electrons. The maximum Gasteiger partial charge on any atom is 0.271 e. The Morgan fingerprint density at radius 2 is 1.94 bits per heavy atom. The van der Waals surface area contributed by atoms with E-state index in [-0.39, 0.29) is 36.8 Å². The van der Waals surface area contributed by atoms with Crippen LogP contribution in [-0.4, -0.2) is 38.7 Å². The predicted octanol–water partition coefficient (Wildman–Crippen LogP) is 3.22. The zero-order chi connectivity index (χ0) is 22.3. The summed E-state index contributed by atoms with van der Waals surface area (Å²) in [5.74, 6) is -0.397. The molecular weight excluding hydrogens is 413 g/mol. The van der Waals surface area contributed by atoms with Crippen LogP contribution in [0, 0.1) is 5.82 Å². The Balaban J connectivity index is 1.41. The molecular formula is C23H22FN5O3. The molecule has 1 aliphatic rings. The van der Waals surface area contributed by atoms with Crippen LogP contribution in [0.25, 0.3) is 0 Å². The van der Waals surface area contributed by atoms with Crippen LogP contribution in [0.4, 0.5) is 10.1 Å². The second kappa shape index (κ2) is 9.86. The molecule has 0 unspecified atom stereocenters. The summed E-state index contributed by atoms with van der Waals surface area (Å²) in [5.41, 5.74) is 1.49. The number of carbonyl (C=O) groups is 2. The van der Waals surface area contributed by atoms with Gasteiger partial charge >= 0.3 is 0 Å². The Bertz CT molecular complexity index is 1110. The number of halogens is 1. The lowest BCUT2D eigenvalue weighted by molar-refractivity contribution is -0.132. The van der Waals surface area contributed by atoms with Gasteiger partial charge in [0.05, 0.1) is 25.1 Å². The van der Waals surface area contributed by atoms with Crippen molar-refractivity contribution in [3.8, 4) is 5.75 Å². The number of nitrogens with one attached hydrogen (secondary N) is 1. The van der Waals surface area contributed by atoms with Crippen molar-refractivity contribution in [1.82, 2.24) is 14.6 Å². The van der Waals surface area contributed by atoms with E-state index in [0.29, 0.717) is 24.6 Å². The van der Waals surface area contributed by atoms with Crippen molar-refractivity contribution in [3.63, 3.8) is 0 Å². The summed E-state index contributed by atoms with van der Waals surface area (Å²) in [6.07, 6.45) is 5.67. The first-order chi connectivity index (χ1) is 15.6. The van der Waals surface area contributed by atoms with Gasteiger partial charge in [-0.25, -0.2) is 14.4 Å². The van der Waals surface area contributed by atoms with Crippen molar-refractivity contribution in [2.75, 3.05) is 11.9 Å². The molecule has 0 atom stereocenters. The van der Waals surface area contributed by atoms with Gasteiger partial charge in [0.25, 0.3) is 5.91 Å². The number of hydrogen-bond acceptors (Lipinski definition) is 5. The number of aromatic nitrogens is 2. The SMILES string of the molecule is O=C(Nc1ccccc1OCCn1ccnc1)C1=NN(Cc2ccc(F)cc2)C(=O)CC1. The normalized spacial score (nSPS) is 13.6. The van der Waals surface area contributed by atoms with E-state index in [4.69, 9.17) is 4.74 Å². The Morgan fingerprint density at radius 1 is 1.12 bits per heavy atom. The molecule has 2 amide bonds. The van der Waals surface area contributed by atoms with E-state index < -0.39 is 5.91 Å². The number of nitrogens with zero attached hydrogens (tertiary/aromatic N) is 4. The molecule has 32 heavy (non-hydrogen) atoms. The highest BCUT2D eigenvalue weighted by molar-refractivity contribution is 6.43. The van der Waals surface area contributed by atoms with Crippen molar-refractivity contribution >= 4 is 23.2 Å². The average Bonchev–Trinajstić information content (AvgIpc) is 3.31. The van der Waals surface area contributed by atoms with Crippen molar-refractivity contribution in [3.05, 3.63) is 78.6 Å². The third-order valence-electron chi connectivity index (χ3n) is 4.91. The topological polar surface area (TPSA) is 88.8 Å². The van der Waals surface area contributed by atoms with E-state index in [2.05, 4.69) is 15.4 Å². The molecule has 9 heteroatoms. The molecule has 1 aromatic heterocycles. The number of hydrazone groups is 1. The monoisotopic (exact) mass is 435 g/mol. The number of carbonyl (C=O) groups excluding carboxylic acids is 2. The summed E-state index contributed by atoms with van der Waals surface area (Å²) in [4.78, 5) is 29.1. The van der Waals surface area contributed by atoms with E-state index in [9.17, 15) is 14.0 Å². The first-order valence-electron chi connectivity index (χ1n) is 10.2. The molecule has 1 N–H and O–H groups in total. The van der Waals surface area contributed by atoms with Gasteiger partial charge in [0, 0.05) is 25.2 Å². The number of imidazole rings is 1. The summed E-state index contributed by atoms with van der Waals surface area (Å²) in [7, 11) is 0. The van der Waals surface area contributed by atoms with Crippen LogP contribution in [0.15, 0.2) is 72.4 Å². The minimum Gasteiger partial charge on any atom is -0.490 e. The van der Waals surface area contributed by atoms with Gasteiger partial charge in [-0.05, 0) is 29.8 Å². The minimum atomic E-state index is -0.396. The summed E-state index contributed by atoms with van der Waals surface area (Å²) in [6.45, 7) is 1.20. The third-order valence-corrected chi connectivity index (χ3v) is 4.91. The molecule has 0 spiro atoms. The molecule has 3 aromatic rings. The predicted molar refractivity (Wildman–Crippen MR) is 116 cm³/mol. The summed E-state index contributed by atoms with van der Waals surface area (Å²) in [6, 6.07) is 13.0. The van der Waals surface area contributed by atoms with Crippen molar-refractivity contribution in [2.24, 2.45) is 5.10 Å². The van der Waals surface area contributed by atoms with E-state index >= 15 is 0 Å². The van der Waals surface area contributed by atoms with Crippen LogP contribution in [0.1, 0.15) is 18.4 Å². The Morgan fingerprint density at radius 3 is 2.72 bits per heavy atom.